The molecular weight excluding hydrogens is 458 g/mol. The topological polar surface area (TPSA) is 194 Å². The molecule has 5 rings (SSSR count). The van der Waals surface area contributed by atoms with Crippen molar-refractivity contribution >= 4 is 39.8 Å². The number of ether oxygens (including phenoxy) is 1. The van der Waals surface area contributed by atoms with Crippen molar-refractivity contribution in [3.05, 3.63) is 42.4 Å². The van der Waals surface area contributed by atoms with Gasteiger partial charge in [0.15, 0.2) is 17.7 Å². The summed E-state index contributed by atoms with van der Waals surface area (Å²) >= 11 is 0. The fraction of sp³-hybridized carbons (Fsp3) is 0.364. The number of carboxylic acids is 1. The standard InChI is InChI=1S/C22H25N7O6/c23-19-16-20(29(10-25-16)21-18(34)17(33)14(9-30)35-21)27-22(26-19)24-6-5-11-7-28(8-15(31)32)13-4-2-1-3-12(11)13/h1-4,7,10,14,17-18,21,30,33-34H,5-6,8-9H2,(H,31,32)(H3,23,24,26,27)/t14-,17-,18-,21-/m1/s1. The molecular formula is C22H25N7O6. The monoisotopic (exact) mass is 483 g/mol. The fourth-order valence-corrected chi connectivity index (χ4v) is 4.42. The van der Waals surface area contributed by atoms with E-state index in [-0.39, 0.29) is 18.3 Å². The zero-order valence-electron chi connectivity index (χ0n) is 18.5. The van der Waals surface area contributed by atoms with E-state index in [1.54, 1.807) is 4.57 Å². The molecule has 0 bridgehead atoms. The van der Waals surface area contributed by atoms with Crippen molar-refractivity contribution in [1.29, 1.82) is 0 Å². The van der Waals surface area contributed by atoms with Gasteiger partial charge in [-0.3, -0.25) is 9.36 Å². The van der Waals surface area contributed by atoms with Gasteiger partial charge in [0.2, 0.25) is 5.95 Å². The Labute approximate surface area is 198 Å². The number of anilines is 2. The zero-order valence-corrected chi connectivity index (χ0v) is 18.5. The molecule has 1 aliphatic rings. The van der Waals surface area contributed by atoms with Crippen molar-refractivity contribution in [2.24, 2.45) is 0 Å². The smallest absolute Gasteiger partial charge is 0.323 e. The molecule has 1 saturated heterocycles. The highest BCUT2D eigenvalue weighted by atomic mass is 16.6. The van der Waals surface area contributed by atoms with E-state index in [9.17, 15) is 25.2 Å². The Morgan fingerprint density at radius 1 is 1.20 bits per heavy atom. The Morgan fingerprint density at radius 2 is 2.00 bits per heavy atom. The van der Waals surface area contributed by atoms with Crippen molar-refractivity contribution in [3.63, 3.8) is 0 Å². The van der Waals surface area contributed by atoms with Crippen molar-refractivity contribution in [2.45, 2.75) is 37.5 Å². The van der Waals surface area contributed by atoms with Gasteiger partial charge in [0, 0.05) is 23.6 Å². The normalized spacial score (nSPS) is 22.3. The van der Waals surface area contributed by atoms with E-state index in [1.165, 1.54) is 10.9 Å². The SMILES string of the molecule is Nc1nc(NCCc2cn(CC(=O)O)c3ccccc23)nc2c1ncn2[C@@H]1O[C@H](CO)[C@@H](O)[C@H]1O. The average Bonchev–Trinajstić information content (AvgIpc) is 3.49. The van der Waals surface area contributed by atoms with E-state index >= 15 is 0 Å². The molecule has 7 N–H and O–H groups in total. The molecule has 13 heteroatoms. The maximum Gasteiger partial charge on any atom is 0.323 e. The van der Waals surface area contributed by atoms with Gasteiger partial charge in [-0.05, 0) is 18.1 Å². The van der Waals surface area contributed by atoms with Gasteiger partial charge in [-0.1, -0.05) is 18.2 Å². The summed E-state index contributed by atoms with van der Waals surface area (Å²) < 4.78 is 8.73. The highest BCUT2D eigenvalue weighted by molar-refractivity contribution is 5.85. The predicted molar refractivity (Wildman–Crippen MR) is 125 cm³/mol. The van der Waals surface area contributed by atoms with Gasteiger partial charge >= 0.3 is 5.97 Å². The minimum absolute atomic E-state index is 0.126. The minimum Gasteiger partial charge on any atom is -0.480 e. The van der Waals surface area contributed by atoms with Gasteiger partial charge in [-0.2, -0.15) is 9.97 Å². The number of nitrogens with zero attached hydrogens (tertiary/aromatic N) is 5. The molecule has 0 radical (unpaired) electrons. The summed E-state index contributed by atoms with van der Waals surface area (Å²) in [7, 11) is 0. The maximum absolute atomic E-state index is 11.2. The number of para-hydroxylation sites is 1. The van der Waals surface area contributed by atoms with Crippen LogP contribution in [0.25, 0.3) is 22.1 Å². The Bertz CT molecular complexity index is 1390. The molecule has 1 aliphatic heterocycles. The molecule has 4 atom stereocenters. The summed E-state index contributed by atoms with van der Waals surface area (Å²) in [5.41, 5.74) is 8.50. The number of benzene rings is 1. The molecule has 0 amide bonds. The summed E-state index contributed by atoms with van der Waals surface area (Å²) in [6.45, 7) is -0.142. The molecule has 1 fully saturated rings. The third kappa shape index (κ3) is 4.14. The highest BCUT2D eigenvalue weighted by Gasteiger charge is 2.44. The molecule has 184 valence electrons. The molecule has 0 aliphatic carbocycles. The molecule has 4 aromatic rings. The lowest BCUT2D eigenvalue weighted by Crippen LogP contribution is -2.33. The van der Waals surface area contributed by atoms with Gasteiger partial charge in [-0.25, -0.2) is 4.98 Å². The van der Waals surface area contributed by atoms with Crippen LogP contribution in [-0.4, -0.2) is 81.9 Å². The second-order valence-corrected chi connectivity index (χ2v) is 8.36. The molecule has 0 unspecified atom stereocenters. The van der Waals surface area contributed by atoms with Crippen LogP contribution in [0.1, 0.15) is 11.8 Å². The first-order valence-electron chi connectivity index (χ1n) is 11.0. The molecule has 0 spiro atoms. The van der Waals surface area contributed by atoms with E-state index < -0.39 is 37.1 Å². The minimum atomic E-state index is -1.29. The number of aliphatic carboxylic acids is 1. The zero-order chi connectivity index (χ0) is 24.7. The van der Waals surface area contributed by atoms with Gasteiger partial charge in [0.05, 0.1) is 12.9 Å². The third-order valence-electron chi connectivity index (χ3n) is 6.09. The van der Waals surface area contributed by atoms with Crippen LogP contribution in [0.4, 0.5) is 11.8 Å². The number of nitrogens with one attached hydrogen (secondary N) is 1. The molecule has 13 nitrogen and oxygen atoms in total. The van der Waals surface area contributed by atoms with Crippen molar-refractivity contribution in [3.8, 4) is 0 Å². The van der Waals surface area contributed by atoms with Crippen LogP contribution in [0.3, 0.4) is 0 Å². The number of rotatable bonds is 8. The molecule has 4 heterocycles. The van der Waals surface area contributed by atoms with Gasteiger partial charge in [0.1, 0.15) is 30.4 Å². The number of aliphatic hydroxyl groups excluding tert-OH is 3. The van der Waals surface area contributed by atoms with Gasteiger partial charge in [0.25, 0.3) is 0 Å². The molecule has 3 aromatic heterocycles. The Kier molecular flexibility index (Phi) is 5.98. The quantitative estimate of drug-likeness (QED) is 0.193. The maximum atomic E-state index is 11.2. The van der Waals surface area contributed by atoms with Crippen LogP contribution in [0, 0.1) is 0 Å². The number of aromatic nitrogens is 5. The number of aliphatic hydroxyl groups is 3. The van der Waals surface area contributed by atoms with Crippen LogP contribution in [0.15, 0.2) is 36.8 Å². The van der Waals surface area contributed by atoms with Crippen molar-refractivity contribution < 1.29 is 30.0 Å². The number of hydrogen-bond donors (Lipinski definition) is 6. The number of hydrogen-bond acceptors (Lipinski definition) is 10. The third-order valence-corrected chi connectivity index (χ3v) is 6.09. The molecule has 1 aromatic carbocycles. The van der Waals surface area contributed by atoms with E-state index in [0.29, 0.717) is 24.1 Å². The number of fused-ring (bicyclic) bond motifs is 2. The highest BCUT2D eigenvalue weighted by Crippen LogP contribution is 2.32. The first-order valence-corrected chi connectivity index (χ1v) is 11.0. The Morgan fingerprint density at radius 3 is 2.74 bits per heavy atom. The van der Waals surface area contributed by atoms with Crippen LogP contribution in [-0.2, 0) is 22.5 Å². The second-order valence-electron chi connectivity index (χ2n) is 8.36. The number of carbonyl (C=O) groups is 1. The van der Waals surface area contributed by atoms with E-state index in [4.69, 9.17) is 10.5 Å². The molecule has 0 saturated carbocycles. The van der Waals surface area contributed by atoms with Crippen LogP contribution < -0.4 is 11.1 Å². The lowest BCUT2D eigenvalue weighted by molar-refractivity contribution is -0.137. The van der Waals surface area contributed by atoms with Crippen molar-refractivity contribution in [2.75, 3.05) is 24.2 Å². The summed E-state index contributed by atoms with van der Waals surface area (Å²) in [4.78, 5) is 24.1. The van der Waals surface area contributed by atoms with E-state index in [2.05, 4.69) is 20.3 Å². The number of nitrogen functional groups attached to an aromatic ring is 1. The lowest BCUT2D eigenvalue weighted by Gasteiger charge is -2.16. The second kappa shape index (κ2) is 9.11. The van der Waals surface area contributed by atoms with Gasteiger partial charge in [-0.15, -0.1) is 0 Å². The average molecular weight is 483 g/mol. The van der Waals surface area contributed by atoms with Gasteiger partial charge < -0.3 is 40.8 Å². The first kappa shape index (κ1) is 23.0. The first-order chi connectivity index (χ1) is 16.9. The number of nitrogens with two attached hydrogens (primary N) is 1. The summed E-state index contributed by atoms with van der Waals surface area (Å²) in [6.07, 6.45) is -0.708. The fourth-order valence-electron chi connectivity index (χ4n) is 4.42. The van der Waals surface area contributed by atoms with E-state index in [1.807, 2.05) is 30.5 Å². The van der Waals surface area contributed by atoms with Crippen LogP contribution in [0.2, 0.25) is 0 Å². The Balaban J connectivity index is 1.36. The summed E-state index contributed by atoms with van der Waals surface area (Å²) in [5.74, 6) is -0.558. The largest absolute Gasteiger partial charge is 0.480 e. The Hall–Kier alpha value is -3.78. The number of carboxylic acid groups (broad SMARTS) is 1. The molecule has 35 heavy (non-hydrogen) atoms. The predicted octanol–water partition coefficient (Wildman–Crippen LogP) is -0.286. The number of imidazole rings is 1. The lowest BCUT2D eigenvalue weighted by atomic mass is 10.1. The van der Waals surface area contributed by atoms with Crippen molar-refractivity contribution in [1.82, 2.24) is 24.1 Å². The summed E-state index contributed by atoms with van der Waals surface area (Å²) in [5, 5.41) is 43.1. The summed E-state index contributed by atoms with van der Waals surface area (Å²) in [6, 6.07) is 7.60. The van der Waals surface area contributed by atoms with Crippen LogP contribution >= 0.6 is 0 Å². The van der Waals surface area contributed by atoms with E-state index in [0.717, 1.165) is 16.5 Å². The van der Waals surface area contributed by atoms with Crippen LogP contribution in [0.5, 0.6) is 0 Å².